The Hall–Kier alpha value is -3.31. The highest BCUT2D eigenvalue weighted by molar-refractivity contribution is 6.08. The summed E-state index contributed by atoms with van der Waals surface area (Å²) in [5.41, 5.74) is 7.26. The number of ether oxygens (including phenoxy) is 1. The number of amides is 1. The molecule has 1 aromatic carbocycles. The Labute approximate surface area is 199 Å². The molecule has 1 amide bonds. The van der Waals surface area contributed by atoms with Crippen LogP contribution in [0.25, 0.3) is 0 Å². The van der Waals surface area contributed by atoms with Gasteiger partial charge in [0.25, 0.3) is 5.91 Å². The van der Waals surface area contributed by atoms with Crippen molar-refractivity contribution in [3.63, 3.8) is 0 Å². The molecule has 3 aliphatic rings. The Morgan fingerprint density at radius 1 is 1.29 bits per heavy atom. The number of guanidine groups is 1. The van der Waals surface area contributed by atoms with Gasteiger partial charge < -0.3 is 10.5 Å². The number of fused-ring (bicyclic) bond motifs is 3. The summed E-state index contributed by atoms with van der Waals surface area (Å²) in [6.07, 6.45) is 6.71. The third-order valence-corrected chi connectivity index (χ3v) is 8.14. The molecule has 2 heterocycles. The number of nitrogens with zero attached hydrogens (tertiary/aromatic N) is 5. The maximum atomic E-state index is 14.4. The second-order valence-corrected chi connectivity index (χ2v) is 9.93. The summed E-state index contributed by atoms with van der Waals surface area (Å²) in [5, 5.41) is 9.62. The van der Waals surface area contributed by atoms with Crippen molar-refractivity contribution < 1.29 is 9.53 Å². The standard InChI is InChI=1S/C26H30N6O2/c1-4-18-12-25(11-16(2)22(18)34-3)13-19-7-6-17(14-27)10-20(19)26(25)23(33)32(24(28)31-26)15-21-29-8-5-9-30-21/h5-10,16,18,22H,4,11-13,15H2,1-3H3,(H2,28,31)/t16-,18+,22+,25+,26+/m0/s1. The van der Waals surface area contributed by atoms with Crippen molar-refractivity contribution >= 4 is 11.9 Å². The van der Waals surface area contributed by atoms with Crippen LogP contribution in [0.15, 0.2) is 41.7 Å². The Morgan fingerprint density at radius 3 is 2.74 bits per heavy atom. The number of rotatable bonds is 4. The van der Waals surface area contributed by atoms with Crippen LogP contribution in [0, 0.1) is 28.6 Å². The van der Waals surface area contributed by atoms with E-state index in [9.17, 15) is 10.1 Å². The van der Waals surface area contributed by atoms with E-state index in [4.69, 9.17) is 15.5 Å². The molecule has 2 aromatic rings. The van der Waals surface area contributed by atoms with Gasteiger partial charge in [-0.2, -0.15) is 5.26 Å². The molecule has 2 N–H and O–H groups in total. The van der Waals surface area contributed by atoms with Crippen LogP contribution in [-0.4, -0.2) is 39.9 Å². The van der Waals surface area contributed by atoms with Crippen molar-refractivity contribution in [3.8, 4) is 6.07 Å². The van der Waals surface area contributed by atoms with E-state index in [0.717, 1.165) is 36.8 Å². The van der Waals surface area contributed by atoms with Gasteiger partial charge in [-0.3, -0.25) is 9.69 Å². The van der Waals surface area contributed by atoms with Gasteiger partial charge in [-0.15, -0.1) is 0 Å². The SMILES string of the molecule is CC[C@@H]1C[C@@]2(Cc3ccc(C#N)cc3[C@]23N=C(N)N(Cc2ncccn2)C3=O)C[C@H](C)[C@H]1OC. The predicted octanol–water partition coefficient (Wildman–Crippen LogP) is 2.91. The van der Waals surface area contributed by atoms with Crippen molar-refractivity contribution in [2.24, 2.45) is 28.0 Å². The van der Waals surface area contributed by atoms with Gasteiger partial charge in [-0.05, 0) is 60.4 Å². The quantitative estimate of drug-likeness (QED) is 0.753. The number of benzene rings is 1. The van der Waals surface area contributed by atoms with Gasteiger partial charge >= 0.3 is 0 Å². The Balaban J connectivity index is 1.66. The van der Waals surface area contributed by atoms with Gasteiger partial charge in [-0.1, -0.05) is 26.3 Å². The number of nitrogens with two attached hydrogens (primary N) is 1. The summed E-state index contributed by atoms with van der Waals surface area (Å²) in [7, 11) is 1.78. The van der Waals surface area contributed by atoms with Crippen molar-refractivity contribution in [3.05, 3.63) is 59.2 Å². The average Bonchev–Trinajstić information content (AvgIpc) is 3.25. The first-order valence-corrected chi connectivity index (χ1v) is 11.9. The maximum Gasteiger partial charge on any atom is 0.262 e. The lowest BCUT2D eigenvalue weighted by molar-refractivity contribution is -0.143. The van der Waals surface area contributed by atoms with E-state index in [0.29, 0.717) is 17.3 Å². The topological polar surface area (TPSA) is 117 Å². The fraction of sp³-hybridized carbons (Fsp3) is 0.500. The van der Waals surface area contributed by atoms with Crippen LogP contribution in [-0.2, 0) is 28.0 Å². The fourth-order valence-corrected chi connectivity index (χ4v) is 6.86. The van der Waals surface area contributed by atoms with Crippen molar-refractivity contribution in [2.45, 2.75) is 57.7 Å². The fourth-order valence-electron chi connectivity index (χ4n) is 6.86. The van der Waals surface area contributed by atoms with E-state index >= 15 is 0 Å². The molecule has 1 aliphatic heterocycles. The molecule has 5 atom stereocenters. The average molecular weight is 459 g/mol. The highest BCUT2D eigenvalue weighted by Crippen LogP contribution is 2.64. The minimum atomic E-state index is -1.16. The van der Waals surface area contributed by atoms with Crippen LogP contribution in [0.4, 0.5) is 0 Å². The van der Waals surface area contributed by atoms with Crippen LogP contribution in [0.1, 0.15) is 55.6 Å². The first-order valence-electron chi connectivity index (χ1n) is 11.9. The zero-order chi connectivity index (χ0) is 24.1. The largest absolute Gasteiger partial charge is 0.381 e. The van der Waals surface area contributed by atoms with E-state index in [1.165, 1.54) is 4.90 Å². The highest BCUT2D eigenvalue weighted by Gasteiger charge is 2.68. The third kappa shape index (κ3) is 3.07. The first-order chi connectivity index (χ1) is 16.4. The van der Waals surface area contributed by atoms with Crippen LogP contribution >= 0.6 is 0 Å². The molecule has 176 valence electrons. The van der Waals surface area contributed by atoms with Gasteiger partial charge in [0, 0.05) is 24.9 Å². The molecular weight excluding hydrogens is 428 g/mol. The summed E-state index contributed by atoms with van der Waals surface area (Å²) >= 11 is 0. The van der Waals surface area contributed by atoms with Crippen LogP contribution in [0.5, 0.6) is 0 Å². The predicted molar refractivity (Wildman–Crippen MR) is 126 cm³/mol. The Kier molecular flexibility index (Phi) is 5.40. The third-order valence-electron chi connectivity index (χ3n) is 8.14. The number of carbonyl (C=O) groups excluding carboxylic acids is 1. The van der Waals surface area contributed by atoms with Gasteiger partial charge in [0.15, 0.2) is 11.5 Å². The van der Waals surface area contributed by atoms with E-state index < -0.39 is 11.0 Å². The van der Waals surface area contributed by atoms with Gasteiger partial charge in [-0.25, -0.2) is 15.0 Å². The molecule has 2 aliphatic carbocycles. The van der Waals surface area contributed by atoms with Crippen molar-refractivity contribution in [1.29, 1.82) is 5.26 Å². The second-order valence-electron chi connectivity index (χ2n) is 9.93. The normalized spacial score (nSPS) is 32.2. The molecule has 0 saturated heterocycles. The van der Waals surface area contributed by atoms with Gasteiger partial charge in [0.2, 0.25) is 0 Å². The maximum absolute atomic E-state index is 14.4. The number of methoxy groups -OCH3 is 1. The molecule has 1 aromatic heterocycles. The summed E-state index contributed by atoms with van der Waals surface area (Å²) in [5.74, 6) is 1.09. The van der Waals surface area contributed by atoms with Gasteiger partial charge in [0.05, 0.1) is 24.3 Å². The summed E-state index contributed by atoms with van der Waals surface area (Å²) < 4.78 is 5.91. The number of aliphatic imine (C=N–C) groups is 1. The first kappa shape index (κ1) is 22.5. The van der Waals surface area contributed by atoms with Crippen LogP contribution < -0.4 is 5.73 Å². The molecular formula is C26H30N6O2. The molecule has 0 unspecified atom stereocenters. The molecule has 1 saturated carbocycles. The zero-order valence-electron chi connectivity index (χ0n) is 19.9. The van der Waals surface area contributed by atoms with E-state index in [2.05, 4.69) is 29.9 Å². The van der Waals surface area contributed by atoms with Crippen LogP contribution in [0.2, 0.25) is 0 Å². The lowest BCUT2D eigenvalue weighted by Gasteiger charge is -2.51. The lowest BCUT2D eigenvalue weighted by atomic mass is 9.56. The Morgan fingerprint density at radius 2 is 2.06 bits per heavy atom. The number of aromatic nitrogens is 2. The van der Waals surface area contributed by atoms with Gasteiger partial charge in [0.1, 0.15) is 5.82 Å². The Bertz CT molecular complexity index is 1190. The summed E-state index contributed by atoms with van der Waals surface area (Å²) in [6.45, 7) is 4.54. The minimum Gasteiger partial charge on any atom is -0.381 e. The van der Waals surface area contributed by atoms with Crippen molar-refractivity contribution in [2.75, 3.05) is 7.11 Å². The monoisotopic (exact) mass is 458 g/mol. The molecule has 34 heavy (non-hydrogen) atoms. The molecule has 5 rings (SSSR count). The smallest absolute Gasteiger partial charge is 0.262 e. The molecule has 0 radical (unpaired) electrons. The van der Waals surface area contributed by atoms with E-state index in [1.54, 1.807) is 25.6 Å². The lowest BCUT2D eigenvalue weighted by Crippen LogP contribution is -2.55. The number of carbonyl (C=O) groups is 1. The number of nitriles is 1. The summed E-state index contributed by atoms with van der Waals surface area (Å²) in [4.78, 5) is 29.5. The molecule has 0 bridgehead atoms. The molecule has 1 fully saturated rings. The summed E-state index contributed by atoms with van der Waals surface area (Å²) in [6, 6.07) is 9.63. The van der Waals surface area contributed by atoms with Crippen LogP contribution in [0.3, 0.4) is 0 Å². The molecule has 8 heteroatoms. The second kappa shape index (κ2) is 8.17. The van der Waals surface area contributed by atoms with E-state index in [1.807, 2.05) is 18.2 Å². The van der Waals surface area contributed by atoms with Crippen molar-refractivity contribution in [1.82, 2.24) is 14.9 Å². The minimum absolute atomic E-state index is 0.137. The highest BCUT2D eigenvalue weighted by atomic mass is 16.5. The van der Waals surface area contributed by atoms with E-state index in [-0.39, 0.29) is 30.4 Å². The molecule has 2 spiro atoms. The number of hydrogen-bond acceptors (Lipinski definition) is 7. The molecule has 8 nitrogen and oxygen atoms in total. The number of hydrogen-bond donors (Lipinski definition) is 1. The zero-order valence-corrected chi connectivity index (χ0v) is 19.9.